The van der Waals surface area contributed by atoms with Crippen molar-refractivity contribution in [3.05, 3.63) is 53.2 Å². The molecule has 1 aromatic rings. The first-order chi connectivity index (χ1) is 16.3. The van der Waals surface area contributed by atoms with Crippen molar-refractivity contribution in [3.63, 3.8) is 0 Å². The second-order valence-electron chi connectivity index (χ2n) is 9.30. The van der Waals surface area contributed by atoms with E-state index in [0.29, 0.717) is 49.8 Å². The van der Waals surface area contributed by atoms with E-state index in [2.05, 4.69) is 37.6 Å². The molecule has 2 N–H and O–H groups in total. The fourth-order valence-corrected chi connectivity index (χ4v) is 5.10. The van der Waals surface area contributed by atoms with Crippen LogP contribution >= 0.6 is 11.9 Å². The Kier molecular flexibility index (Phi) is 9.25. The summed E-state index contributed by atoms with van der Waals surface area (Å²) in [7, 11) is 0. The third-order valence-electron chi connectivity index (χ3n) is 6.58. The Labute approximate surface area is 208 Å². The molecule has 1 atom stereocenters. The lowest BCUT2D eigenvalue weighted by atomic mass is 10.0. The van der Waals surface area contributed by atoms with Crippen molar-refractivity contribution in [2.75, 3.05) is 26.2 Å². The van der Waals surface area contributed by atoms with Gasteiger partial charge in [-0.25, -0.2) is 0 Å². The van der Waals surface area contributed by atoms with Crippen LogP contribution in [0, 0.1) is 0 Å². The topological polar surface area (TPSA) is 72.9 Å². The van der Waals surface area contributed by atoms with Crippen LogP contribution in [0.1, 0.15) is 75.7 Å². The molecule has 0 radical (unpaired) electrons. The molecule has 0 bridgehead atoms. The second kappa shape index (κ2) is 11.9. The molecule has 1 aromatic carbocycles. The number of allylic oxidation sites excluding steroid dienone is 4. The Bertz CT molecular complexity index is 914. The lowest BCUT2D eigenvalue weighted by Crippen LogP contribution is -2.53. The number of benzene rings is 1. The molecular formula is C27H39N3O3S. The van der Waals surface area contributed by atoms with Gasteiger partial charge in [0.2, 0.25) is 0 Å². The third-order valence-corrected chi connectivity index (χ3v) is 7.92. The Morgan fingerprint density at radius 2 is 1.68 bits per heavy atom. The van der Waals surface area contributed by atoms with Crippen LogP contribution in [0.4, 0.5) is 0 Å². The van der Waals surface area contributed by atoms with Gasteiger partial charge in [0, 0.05) is 42.7 Å². The molecule has 1 aliphatic heterocycles. The Hall–Kier alpha value is -2.25. The van der Waals surface area contributed by atoms with Gasteiger partial charge in [-0.3, -0.25) is 9.59 Å². The number of hydrogen-bond acceptors (Lipinski definition) is 5. The summed E-state index contributed by atoms with van der Waals surface area (Å²) >= 11 is 1.80. The highest BCUT2D eigenvalue weighted by molar-refractivity contribution is 7.98. The van der Waals surface area contributed by atoms with Gasteiger partial charge in [0.25, 0.3) is 11.8 Å². The van der Waals surface area contributed by atoms with Gasteiger partial charge in [-0.1, -0.05) is 38.5 Å². The Morgan fingerprint density at radius 1 is 1.09 bits per heavy atom. The molecule has 0 spiro atoms. The summed E-state index contributed by atoms with van der Waals surface area (Å²) in [6, 6.07) is 7.75. The molecule has 7 heteroatoms. The summed E-state index contributed by atoms with van der Waals surface area (Å²) < 4.78 is 3.48. The molecule has 34 heavy (non-hydrogen) atoms. The number of aliphatic hydroxyl groups is 1. The number of hydrogen-bond donors (Lipinski definition) is 2. The van der Waals surface area contributed by atoms with Crippen molar-refractivity contribution in [2.45, 2.75) is 70.7 Å². The highest BCUT2D eigenvalue weighted by Crippen LogP contribution is 2.37. The van der Waals surface area contributed by atoms with Gasteiger partial charge in [-0.2, -0.15) is 0 Å². The molecule has 1 heterocycles. The minimum absolute atomic E-state index is 0.0165. The van der Waals surface area contributed by atoms with Crippen molar-refractivity contribution in [1.82, 2.24) is 14.5 Å². The van der Waals surface area contributed by atoms with E-state index in [4.69, 9.17) is 0 Å². The summed E-state index contributed by atoms with van der Waals surface area (Å²) in [6.07, 6.45) is 8.88. The molecule has 2 aliphatic rings. The number of carbonyl (C=O) groups excluding carboxylic acids is 2. The molecule has 186 valence electrons. The number of nitrogens with one attached hydrogen (secondary N) is 1. The Morgan fingerprint density at radius 3 is 2.21 bits per heavy atom. The third kappa shape index (κ3) is 6.66. The second-order valence-corrected chi connectivity index (χ2v) is 10.4. The molecule has 0 aromatic heterocycles. The van der Waals surface area contributed by atoms with E-state index < -0.39 is 5.60 Å². The monoisotopic (exact) mass is 485 g/mol. The first kappa shape index (κ1) is 26.4. The van der Waals surface area contributed by atoms with Crippen molar-refractivity contribution in [3.8, 4) is 0 Å². The fourth-order valence-electron chi connectivity index (χ4n) is 4.17. The van der Waals surface area contributed by atoms with Crippen molar-refractivity contribution in [1.29, 1.82) is 0 Å². The van der Waals surface area contributed by atoms with Gasteiger partial charge in [-0.15, -0.1) is 0 Å². The maximum absolute atomic E-state index is 13.0. The lowest BCUT2D eigenvalue weighted by Gasteiger charge is -2.35. The smallest absolute Gasteiger partial charge is 0.254 e. The van der Waals surface area contributed by atoms with Crippen molar-refractivity contribution >= 4 is 29.3 Å². The van der Waals surface area contributed by atoms with Gasteiger partial charge in [0.1, 0.15) is 5.60 Å². The normalized spacial score (nSPS) is 19.1. The van der Waals surface area contributed by atoms with Crippen LogP contribution in [-0.4, -0.2) is 63.8 Å². The summed E-state index contributed by atoms with van der Waals surface area (Å²) in [5.74, 6) is -0.202. The van der Waals surface area contributed by atoms with E-state index in [1.807, 2.05) is 31.2 Å². The minimum Gasteiger partial charge on any atom is -0.380 e. The van der Waals surface area contributed by atoms with E-state index in [0.717, 1.165) is 23.3 Å². The minimum atomic E-state index is -1.14. The standard InChI is InChI=1S/C27H39N3O3S/c1-5-8-24(7-3)34-28-20(4)19-21(6-2)22-9-11-23(12-10-22)25(31)29-15-17-30(18-16-29)26(32)27(33)13-14-27/h6,9-12,19,24,28,33H,5,7-8,13-18H2,1-4H3/b20-19+,21-6+. The molecule has 1 saturated carbocycles. The molecule has 1 unspecified atom stereocenters. The summed E-state index contributed by atoms with van der Waals surface area (Å²) in [6.45, 7) is 10.5. The van der Waals surface area contributed by atoms with Gasteiger partial charge < -0.3 is 19.6 Å². The number of piperazine rings is 1. The van der Waals surface area contributed by atoms with E-state index >= 15 is 0 Å². The highest BCUT2D eigenvalue weighted by atomic mass is 32.2. The first-order valence-corrected chi connectivity index (χ1v) is 13.4. The van der Waals surface area contributed by atoms with E-state index in [1.165, 1.54) is 12.8 Å². The zero-order valence-corrected chi connectivity index (χ0v) is 21.8. The Balaban J connectivity index is 1.56. The molecule has 2 fully saturated rings. The van der Waals surface area contributed by atoms with Crippen LogP contribution in [0.15, 0.2) is 42.1 Å². The number of carbonyl (C=O) groups is 2. The summed E-state index contributed by atoms with van der Waals surface area (Å²) in [5.41, 5.74) is 2.80. The van der Waals surface area contributed by atoms with E-state index in [-0.39, 0.29) is 11.8 Å². The summed E-state index contributed by atoms with van der Waals surface area (Å²) in [5, 5.41) is 10.7. The van der Waals surface area contributed by atoms with Crippen molar-refractivity contribution < 1.29 is 14.7 Å². The number of rotatable bonds is 10. The fraction of sp³-hybridized carbons (Fsp3) is 0.556. The SMILES string of the molecule is C/C=C(\C=C(/C)NSC(CC)CCC)c1ccc(C(=O)N2CCN(C(=O)C3(O)CC3)CC2)cc1. The zero-order valence-electron chi connectivity index (χ0n) is 21.0. The maximum Gasteiger partial charge on any atom is 0.254 e. The summed E-state index contributed by atoms with van der Waals surface area (Å²) in [4.78, 5) is 28.8. The average Bonchev–Trinajstić information content (AvgIpc) is 3.62. The quantitative estimate of drug-likeness (QED) is 0.374. The zero-order chi connectivity index (χ0) is 24.7. The molecule has 1 aliphatic carbocycles. The van der Waals surface area contributed by atoms with Crippen LogP contribution in [0.5, 0.6) is 0 Å². The molecule has 2 amide bonds. The van der Waals surface area contributed by atoms with Crippen LogP contribution < -0.4 is 4.72 Å². The van der Waals surface area contributed by atoms with Gasteiger partial charge >= 0.3 is 0 Å². The maximum atomic E-state index is 13.0. The van der Waals surface area contributed by atoms with E-state index in [9.17, 15) is 14.7 Å². The first-order valence-electron chi connectivity index (χ1n) is 12.5. The molecule has 3 rings (SSSR count). The van der Waals surface area contributed by atoms with Gasteiger partial charge in [-0.05, 0) is 80.8 Å². The number of amides is 2. The average molecular weight is 486 g/mol. The molecular weight excluding hydrogens is 446 g/mol. The van der Waals surface area contributed by atoms with Crippen LogP contribution in [-0.2, 0) is 4.79 Å². The lowest BCUT2D eigenvalue weighted by molar-refractivity contribution is -0.143. The highest BCUT2D eigenvalue weighted by Gasteiger charge is 2.50. The largest absolute Gasteiger partial charge is 0.380 e. The van der Waals surface area contributed by atoms with E-state index in [1.54, 1.807) is 21.7 Å². The van der Waals surface area contributed by atoms with Crippen molar-refractivity contribution in [2.24, 2.45) is 0 Å². The van der Waals surface area contributed by atoms with Crippen LogP contribution in [0.2, 0.25) is 0 Å². The molecule has 1 saturated heterocycles. The number of nitrogens with zero attached hydrogens (tertiary/aromatic N) is 2. The van der Waals surface area contributed by atoms with Crippen LogP contribution in [0.3, 0.4) is 0 Å². The molecule has 6 nitrogen and oxygen atoms in total. The van der Waals surface area contributed by atoms with Crippen LogP contribution in [0.25, 0.3) is 5.57 Å². The van der Waals surface area contributed by atoms with Gasteiger partial charge in [0.15, 0.2) is 0 Å². The predicted molar refractivity (Wildman–Crippen MR) is 140 cm³/mol. The van der Waals surface area contributed by atoms with Gasteiger partial charge in [0.05, 0.1) is 0 Å². The predicted octanol–water partition coefficient (Wildman–Crippen LogP) is 4.62.